The van der Waals surface area contributed by atoms with E-state index in [-0.39, 0.29) is 11.4 Å². The van der Waals surface area contributed by atoms with E-state index in [2.05, 4.69) is 19.9 Å². The predicted octanol–water partition coefficient (Wildman–Crippen LogP) is 2.24. The molecule has 2 heterocycles. The van der Waals surface area contributed by atoms with Gasteiger partial charge in [0.25, 0.3) is 0 Å². The van der Waals surface area contributed by atoms with Gasteiger partial charge >= 0.3 is 5.69 Å². The normalized spacial score (nSPS) is 10.7. The molecule has 0 bridgehead atoms. The lowest BCUT2D eigenvalue weighted by Crippen LogP contribution is -2.25. The molecule has 0 atom stereocenters. The number of nitrogens with zero attached hydrogens (tertiary/aromatic N) is 5. The molecule has 21 heavy (non-hydrogen) atoms. The van der Waals surface area contributed by atoms with Crippen LogP contribution in [0.5, 0.6) is 0 Å². The summed E-state index contributed by atoms with van der Waals surface area (Å²) in [7, 11) is 0. The molecule has 112 valence electrons. The molecule has 0 radical (unpaired) electrons. The molecule has 8 heteroatoms. The Hall–Kier alpha value is -2.51. The lowest BCUT2D eigenvalue weighted by Gasteiger charge is -2.19. The molecule has 0 saturated heterocycles. The number of rotatable bonds is 5. The van der Waals surface area contributed by atoms with E-state index in [4.69, 9.17) is 0 Å². The van der Waals surface area contributed by atoms with Gasteiger partial charge in [0.1, 0.15) is 11.5 Å². The molecule has 2 aromatic rings. The van der Waals surface area contributed by atoms with Crippen LogP contribution in [0.4, 0.5) is 11.6 Å². The number of hydrogen-bond donors (Lipinski definition) is 1. The van der Waals surface area contributed by atoms with Gasteiger partial charge in [-0.15, -0.1) is 0 Å². The van der Waals surface area contributed by atoms with E-state index in [1.807, 2.05) is 18.7 Å². The highest BCUT2D eigenvalue weighted by molar-refractivity contribution is 5.69. The van der Waals surface area contributed by atoms with Crippen LogP contribution in [-0.2, 0) is 0 Å². The zero-order valence-electron chi connectivity index (χ0n) is 12.5. The van der Waals surface area contributed by atoms with Crippen molar-refractivity contribution < 1.29 is 4.92 Å². The summed E-state index contributed by atoms with van der Waals surface area (Å²) in [6.07, 6.45) is 1.55. The fourth-order valence-electron chi connectivity index (χ4n) is 2.15. The van der Waals surface area contributed by atoms with Crippen LogP contribution in [-0.4, -0.2) is 37.9 Å². The Balaban J connectivity index is 2.66. The van der Waals surface area contributed by atoms with Crippen molar-refractivity contribution in [1.82, 2.24) is 19.9 Å². The number of nitrogens with one attached hydrogen (secondary N) is 1. The summed E-state index contributed by atoms with van der Waals surface area (Å²) in [5.74, 6) is 1.17. The van der Waals surface area contributed by atoms with Gasteiger partial charge in [0.05, 0.1) is 16.8 Å². The SMILES string of the molecule is CCN(CC)c1nc(C)c([N+](=O)[O-])c(-c2cnc(C)[nH]2)n1. The molecule has 0 spiro atoms. The number of aromatic nitrogens is 4. The fourth-order valence-corrected chi connectivity index (χ4v) is 2.15. The standard InChI is InChI=1S/C13H18N6O2/c1-5-18(6-2)13-15-8(3)12(19(20)21)11(17-13)10-7-14-9(4)16-10/h7H,5-6H2,1-4H3,(H,14,16). The molecule has 2 rings (SSSR count). The third-order valence-corrected chi connectivity index (χ3v) is 3.23. The van der Waals surface area contributed by atoms with Crippen molar-refractivity contribution in [2.24, 2.45) is 0 Å². The molecule has 0 fully saturated rings. The van der Waals surface area contributed by atoms with Gasteiger partial charge in [-0.25, -0.2) is 15.0 Å². The molecule has 0 aromatic carbocycles. The summed E-state index contributed by atoms with van der Waals surface area (Å²) >= 11 is 0. The maximum atomic E-state index is 11.3. The van der Waals surface area contributed by atoms with E-state index in [9.17, 15) is 10.1 Å². The van der Waals surface area contributed by atoms with E-state index in [1.54, 1.807) is 20.0 Å². The fraction of sp³-hybridized carbons (Fsp3) is 0.462. The second-order valence-electron chi connectivity index (χ2n) is 4.62. The first-order valence-corrected chi connectivity index (χ1v) is 6.77. The topological polar surface area (TPSA) is 101 Å². The minimum Gasteiger partial charge on any atom is -0.341 e. The third kappa shape index (κ3) is 2.83. The molecule has 8 nitrogen and oxygen atoms in total. The van der Waals surface area contributed by atoms with Crippen molar-refractivity contribution in [1.29, 1.82) is 0 Å². The number of aryl methyl sites for hydroxylation is 2. The Morgan fingerprint density at radius 2 is 1.95 bits per heavy atom. The van der Waals surface area contributed by atoms with Crippen molar-refractivity contribution >= 4 is 11.6 Å². The second-order valence-corrected chi connectivity index (χ2v) is 4.62. The molecule has 0 aliphatic heterocycles. The van der Waals surface area contributed by atoms with Gasteiger partial charge in [-0.1, -0.05) is 0 Å². The number of nitro groups is 1. The molecular formula is C13H18N6O2. The summed E-state index contributed by atoms with van der Waals surface area (Å²) in [5.41, 5.74) is 1.06. The molecule has 2 aromatic heterocycles. The van der Waals surface area contributed by atoms with E-state index < -0.39 is 4.92 Å². The van der Waals surface area contributed by atoms with E-state index in [1.165, 1.54) is 0 Å². The molecular weight excluding hydrogens is 272 g/mol. The van der Waals surface area contributed by atoms with Crippen LogP contribution < -0.4 is 4.90 Å². The molecule has 0 aliphatic carbocycles. The van der Waals surface area contributed by atoms with Crippen LogP contribution in [0.1, 0.15) is 25.4 Å². The average Bonchev–Trinajstić information content (AvgIpc) is 2.85. The van der Waals surface area contributed by atoms with Crippen molar-refractivity contribution in [3.8, 4) is 11.4 Å². The van der Waals surface area contributed by atoms with E-state index >= 15 is 0 Å². The summed E-state index contributed by atoms with van der Waals surface area (Å²) < 4.78 is 0. The Morgan fingerprint density at radius 3 is 2.43 bits per heavy atom. The molecule has 0 unspecified atom stereocenters. The summed E-state index contributed by atoms with van der Waals surface area (Å²) in [4.78, 5) is 28.5. The second kappa shape index (κ2) is 5.86. The van der Waals surface area contributed by atoms with Gasteiger partial charge in [-0.2, -0.15) is 0 Å². The molecule has 1 N–H and O–H groups in total. The van der Waals surface area contributed by atoms with Crippen LogP contribution in [0.3, 0.4) is 0 Å². The van der Waals surface area contributed by atoms with Gasteiger partial charge in [0.2, 0.25) is 5.95 Å². The Bertz CT molecular complexity index is 663. The predicted molar refractivity (Wildman–Crippen MR) is 79.3 cm³/mol. The van der Waals surface area contributed by atoms with Crippen LogP contribution in [0.2, 0.25) is 0 Å². The monoisotopic (exact) mass is 290 g/mol. The molecule has 0 amide bonds. The van der Waals surface area contributed by atoms with E-state index in [0.29, 0.717) is 23.2 Å². The first-order valence-electron chi connectivity index (χ1n) is 6.77. The minimum absolute atomic E-state index is 0.0884. The highest BCUT2D eigenvalue weighted by Gasteiger charge is 2.25. The van der Waals surface area contributed by atoms with Crippen LogP contribution >= 0.6 is 0 Å². The van der Waals surface area contributed by atoms with Crippen molar-refractivity contribution in [3.05, 3.63) is 27.8 Å². The maximum absolute atomic E-state index is 11.3. The maximum Gasteiger partial charge on any atom is 0.318 e. The van der Waals surface area contributed by atoms with Crippen molar-refractivity contribution in [2.75, 3.05) is 18.0 Å². The lowest BCUT2D eigenvalue weighted by atomic mass is 10.2. The quantitative estimate of drug-likeness (QED) is 0.669. The van der Waals surface area contributed by atoms with Gasteiger partial charge < -0.3 is 9.88 Å². The number of aromatic amines is 1. The molecule has 0 saturated carbocycles. The number of anilines is 1. The van der Waals surface area contributed by atoms with Crippen LogP contribution in [0.15, 0.2) is 6.20 Å². The first-order chi connectivity index (χ1) is 9.97. The zero-order valence-corrected chi connectivity index (χ0v) is 12.5. The minimum atomic E-state index is -0.452. The highest BCUT2D eigenvalue weighted by atomic mass is 16.6. The Labute approximate surface area is 122 Å². The number of H-pyrrole nitrogens is 1. The zero-order chi connectivity index (χ0) is 15.6. The summed E-state index contributed by atoms with van der Waals surface area (Å²) in [5, 5.41) is 11.3. The van der Waals surface area contributed by atoms with Gasteiger partial charge in [0, 0.05) is 13.1 Å². The third-order valence-electron chi connectivity index (χ3n) is 3.23. The highest BCUT2D eigenvalue weighted by Crippen LogP contribution is 2.30. The van der Waals surface area contributed by atoms with Crippen LogP contribution in [0.25, 0.3) is 11.4 Å². The van der Waals surface area contributed by atoms with Crippen LogP contribution in [0, 0.1) is 24.0 Å². The Kier molecular flexibility index (Phi) is 4.15. The Morgan fingerprint density at radius 1 is 1.29 bits per heavy atom. The van der Waals surface area contributed by atoms with Crippen molar-refractivity contribution in [2.45, 2.75) is 27.7 Å². The molecule has 0 aliphatic rings. The van der Waals surface area contributed by atoms with E-state index in [0.717, 1.165) is 13.1 Å². The number of imidazole rings is 1. The van der Waals surface area contributed by atoms with Gasteiger partial charge in [0.15, 0.2) is 5.69 Å². The average molecular weight is 290 g/mol. The van der Waals surface area contributed by atoms with Gasteiger partial charge in [-0.3, -0.25) is 10.1 Å². The first kappa shape index (κ1) is 14.9. The summed E-state index contributed by atoms with van der Waals surface area (Å²) in [6, 6.07) is 0. The smallest absolute Gasteiger partial charge is 0.318 e. The summed E-state index contributed by atoms with van der Waals surface area (Å²) in [6.45, 7) is 8.85. The van der Waals surface area contributed by atoms with Gasteiger partial charge in [-0.05, 0) is 27.7 Å². The number of hydrogen-bond acceptors (Lipinski definition) is 6. The lowest BCUT2D eigenvalue weighted by molar-refractivity contribution is -0.385. The van der Waals surface area contributed by atoms with Crippen molar-refractivity contribution in [3.63, 3.8) is 0 Å². The largest absolute Gasteiger partial charge is 0.341 e.